The average Bonchev–Trinajstić information content (AvgIpc) is 2.99. The molecule has 0 aliphatic heterocycles. The van der Waals surface area contributed by atoms with Gasteiger partial charge in [0, 0.05) is 0 Å². The third-order valence-corrected chi connectivity index (χ3v) is 7.71. The Kier molecular flexibility index (Phi) is 1.61. The van der Waals surface area contributed by atoms with Crippen LogP contribution in [0.3, 0.4) is 0 Å². The molecule has 0 heterocycles. The van der Waals surface area contributed by atoms with Crippen LogP contribution < -0.4 is 0 Å². The number of fused-ring (bicyclic) bond motifs is 12. The first-order valence-electron chi connectivity index (χ1n) is 7.95. The van der Waals surface area contributed by atoms with Crippen LogP contribution in [0.2, 0.25) is 0 Å². The summed E-state index contributed by atoms with van der Waals surface area (Å²) >= 11 is 0. The maximum absolute atomic E-state index is 2.67. The quantitative estimate of drug-likeness (QED) is 0.432. The van der Waals surface area contributed by atoms with Crippen molar-refractivity contribution in [2.24, 2.45) is 53.3 Å². The Bertz CT molecular complexity index is 406. The zero-order valence-electron chi connectivity index (χ0n) is 11.1. The van der Waals surface area contributed by atoms with Crippen LogP contribution in [-0.2, 0) is 0 Å². The molecule has 92 valence electrons. The molecule has 5 aliphatic rings. The SMILES string of the molecule is CC1=CC2CC1C1C3C(C)C(C4CCCC43)C21. The van der Waals surface area contributed by atoms with Gasteiger partial charge in [0.2, 0.25) is 0 Å². The zero-order chi connectivity index (χ0) is 11.3. The summed E-state index contributed by atoms with van der Waals surface area (Å²) in [7, 11) is 0. The van der Waals surface area contributed by atoms with Crippen molar-refractivity contribution in [2.45, 2.75) is 39.5 Å². The molecule has 0 aromatic rings. The van der Waals surface area contributed by atoms with Gasteiger partial charge in [-0.2, -0.15) is 0 Å². The van der Waals surface area contributed by atoms with E-state index >= 15 is 0 Å². The summed E-state index contributed by atoms with van der Waals surface area (Å²) in [5, 5.41) is 0. The third kappa shape index (κ3) is 0.891. The van der Waals surface area contributed by atoms with Crippen molar-refractivity contribution >= 4 is 0 Å². The molecule has 0 spiro atoms. The van der Waals surface area contributed by atoms with Crippen LogP contribution in [0.5, 0.6) is 0 Å². The molecule has 4 bridgehead atoms. The predicted octanol–water partition coefficient (Wildman–Crippen LogP) is 4.13. The van der Waals surface area contributed by atoms with E-state index in [1.54, 1.807) is 31.3 Å². The van der Waals surface area contributed by atoms with Gasteiger partial charge in [-0.15, -0.1) is 0 Å². The lowest BCUT2D eigenvalue weighted by atomic mass is 9.65. The van der Waals surface area contributed by atoms with Gasteiger partial charge in [-0.1, -0.05) is 25.0 Å². The van der Waals surface area contributed by atoms with E-state index in [2.05, 4.69) is 19.9 Å². The molecule has 9 unspecified atom stereocenters. The molecule has 4 saturated carbocycles. The van der Waals surface area contributed by atoms with Crippen molar-refractivity contribution in [3.05, 3.63) is 11.6 Å². The summed E-state index contributed by atoms with van der Waals surface area (Å²) in [4.78, 5) is 0. The Balaban J connectivity index is 1.63. The molecule has 0 heteroatoms. The van der Waals surface area contributed by atoms with Gasteiger partial charge in [0.25, 0.3) is 0 Å². The van der Waals surface area contributed by atoms with Gasteiger partial charge < -0.3 is 0 Å². The highest BCUT2D eigenvalue weighted by atomic mass is 14.7. The summed E-state index contributed by atoms with van der Waals surface area (Å²) in [6.45, 7) is 5.03. The lowest BCUT2D eigenvalue weighted by Crippen LogP contribution is -2.35. The number of rotatable bonds is 0. The molecule has 0 radical (unpaired) electrons. The standard InChI is InChI=1S/C17H24/c1-8-6-10-7-13(8)17-15-9(2)14(16(10)17)11-4-3-5-12(11)15/h6,9-17H,3-5,7H2,1-2H3. The topological polar surface area (TPSA) is 0 Å². The molecular weight excluding hydrogens is 204 g/mol. The molecule has 5 aliphatic carbocycles. The second kappa shape index (κ2) is 2.83. The van der Waals surface area contributed by atoms with Gasteiger partial charge in [0.15, 0.2) is 0 Å². The molecule has 0 aromatic heterocycles. The average molecular weight is 228 g/mol. The van der Waals surface area contributed by atoms with Crippen LogP contribution in [0.25, 0.3) is 0 Å². The van der Waals surface area contributed by atoms with E-state index in [1.807, 2.05) is 0 Å². The first kappa shape index (κ1) is 9.64. The zero-order valence-corrected chi connectivity index (χ0v) is 11.1. The highest BCUT2D eigenvalue weighted by Crippen LogP contribution is 2.74. The number of allylic oxidation sites excluding steroid dienone is 2. The van der Waals surface area contributed by atoms with E-state index in [9.17, 15) is 0 Å². The Labute approximate surface area is 105 Å². The minimum atomic E-state index is 1.00. The minimum Gasteiger partial charge on any atom is -0.0819 e. The lowest BCUT2D eigenvalue weighted by Gasteiger charge is -2.40. The van der Waals surface area contributed by atoms with E-state index < -0.39 is 0 Å². The molecule has 4 fully saturated rings. The lowest BCUT2D eigenvalue weighted by molar-refractivity contribution is 0.105. The second-order valence-corrected chi connectivity index (χ2v) is 7.84. The van der Waals surface area contributed by atoms with E-state index in [4.69, 9.17) is 0 Å². The van der Waals surface area contributed by atoms with E-state index in [0.29, 0.717) is 0 Å². The Morgan fingerprint density at radius 2 is 1.71 bits per heavy atom. The number of hydrogen-bond acceptors (Lipinski definition) is 0. The van der Waals surface area contributed by atoms with E-state index in [0.717, 1.165) is 53.3 Å². The molecule has 17 heavy (non-hydrogen) atoms. The van der Waals surface area contributed by atoms with Crippen LogP contribution in [0, 0.1) is 53.3 Å². The van der Waals surface area contributed by atoms with Crippen LogP contribution >= 0.6 is 0 Å². The molecule has 0 aromatic carbocycles. The Hall–Kier alpha value is -0.260. The van der Waals surface area contributed by atoms with Gasteiger partial charge in [0.1, 0.15) is 0 Å². The van der Waals surface area contributed by atoms with Crippen LogP contribution in [0.4, 0.5) is 0 Å². The smallest absolute Gasteiger partial charge is 0.0166 e. The minimum absolute atomic E-state index is 1.00. The van der Waals surface area contributed by atoms with Crippen molar-refractivity contribution in [1.82, 2.24) is 0 Å². The maximum Gasteiger partial charge on any atom is -0.0166 e. The van der Waals surface area contributed by atoms with E-state index in [1.165, 1.54) is 0 Å². The molecule has 0 N–H and O–H groups in total. The molecule has 0 saturated heterocycles. The summed E-state index contributed by atoms with van der Waals surface area (Å²) in [6.07, 6.45) is 8.93. The van der Waals surface area contributed by atoms with Gasteiger partial charge in [-0.05, 0) is 79.4 Å². The van der Waals surface area contributed by atoms with Crippen molar-refractivity contribution in [1.29, 1.82) is 0 Å². The van der Waals surface area contributed by atoms with Crippen molar-refractivity contribution in [3.8, 4) is 0 Å². The van der Waals surface area contributed by atoms with Gasteiger partial charge in [-0.25, -0.2) is 0 Å². The van der Waals surface area contributed by atoms with Crippen LogP contribution in [0.15, 0.2) is 11.6 Å². The maximum atomic E-state index is 2.67. The Morgan fingerprint density at radius 1 is 1.00 bits per heavy atom. The predicted molar refractivity (Wildman–Crippen MR) is 69.3 cm³/mol. The molecule has 0 nitrogen and oxygen atoms in total. The fourth-order valence-corrected chi connectivity index (χ4v) is 7.64. The largest absolute Gasteiger partial charge is 0.0819 e. The van der Waals surface area contributed by atoms with Gasteiger partial charge in [-0.3, -0.25) is 0 Å². The van der Waals surface area contributed by atoms with Gasteiger partial charge >= 0.3 is 0 Å². The summed E-state index contributed by atoms with van der Waals surface area (Å²) in [5.74, 6) is 9.94. The highest BCUT2D eigenvalue weighted by molar-refractivity contribution is 5.28. The van der Waals surface area contributed by atoms with Crippen LogP contribution in [-0.4, -0.2) is 0 Å². The van der Waals surface area contributed by atoms with Crippen molar-refractivity contribution in [2.75, 3.05) is 0 Å². The summed E-state index contributed by atoms with van der Waals surface area (Å²) < 4.78 is 0. The summed E-state index contributed by atoms with van der Waals surface area (Å²) in [5.41, 5.74) is 1.77. The van der Waals surface area contributed by atoms with Crippen molar-refractivity contribution < 1.29 is 0 Å². The highest BCUT2D eigenvalue weighted by Gasteiger charge is 2.68. The fourth-order valence-electron chi connectivity index (χ4n) is 7.64. The Morgan fingerprint density at radius 3 is 2.47 bits per heavy atom. The third-order valence-electron chi connectivity index (χ3n) is 7.71. The monoisotopic (exact) mass is 228 g/mol. The first-order valence-corrected chi connectivity index (χ1v) is 7.95. The second-order valence-electron chi connectivity index (χ2n) is 7.84. The molecule has 0 amide bonds. The molecular formula is C17H24. The first-order chi connectivity index (χ1) is 8.27. The van der Waals surface area contributed by atoms with Crippen molar-refractivity contribution in [3.63, 3.8) is 0 Å². The number of hydrogen-bond donors (Lipinski definition) is 0. The molecule has 9 atom stereocenters. The van der Waals surface area contributed by atoms with Crippen LogP contribution in [0.1, 0.15) is 39.5 Å². The fraction of sp³-hybridized carbons (Fsp3) is 0.882. The van der Waals surface area contributed by atoms with Gasteiger partial charge in [0.05, 0.1) is 0 Å². The van der Waals surface area contributed by atoms with E-state index in [-0.39, 0.29) is 0 Å². The normalized spacial score (nSPS) is 66.2. The summed E-state index contributed by atoms with van der Waals surface area (Å²) in [6, 6.07) is 0. The molecule has 5 rings (SSSR count).